The molecule has 0 unspecified atom stereocenters. The molecule has 0 radical (unpaired) electrons. The Morgan fingerprint density at radius 3 is 2.92 bits per heavy atom. The second-order valence-electron chi connectivity index (χ2n) is 2.81. The van der Waals surface area contributed by atoms with Crippen molar-refractivity contribution in [2.75, 3.05) is 5.73 Å². The van der Waals surface area contributed by atoms with Crippen molar-refractivity contribution in [3.05, 3.63) is 30.0 Å². The topological polar surface area (TPSA) is 79.1 Å². The van der Waals surface area contributed by atoms with E-state index in [1.165, 1.54) is 6.20 Å². The summed E-state index contributed by atoms with van der Waals surface area (Å²) in [6.07, 6.45) is 1.46. The quantitative estimate of drug-likeness (QED) is 0.575. The minimum absolute atomic E-state index is 0.273. The molecule has 0 bridgehead atoms. The van der Waals surface area contributed by atoms with E-state index in [4.69, 9.17) is 10.8 Å². The average Bonchev–Trinajstić information content (AvgIpc) is 2.46. The Morgan fingerprint density at radius 2 is 2.23 bits per heavy atom. The van der Waals surface area contributed by atoms with Crippen LogP contribution in [0.25, 0.3) is 10.9 Å². The van der Waals surface area contributed by atoms with Crippen molar-refractivity contribution in [3.63, 3.8) is 0 Å². The fraction of sp³-hybridized carbons (Fsp3) is 0. The maximum atomic E-state index is 10.7. The number of aromatic carboxylic acids is 1. The van der Waals surface area contributed by atoms with Crippen LogP contribution in [0.2, 0.25) is 0 Å². The number of rotatable bonds is 1. The zero-order chi connectivity index (χ0) is 9.42. The molecule has 2 rings (SSSR count). The lowest BCUT2D eigenvalue weighted by Crippen LogP contribution is -1.93. The first kappa shape index (κ1) is 7.67. The lowest BCUT2D eigenvalue weighted by molar-refractivity contribution is 0.0699. The van der Waals surface area contributed by atoms with E-state index in [0.717, 1.165) is 5.52 Å². The minimum atomic E-state index is -0.934. The zero-order valence-corrected chi connectivity index (χ0v) is 6.74. The zero-order valence-electron chi connectivity index (χ0n) is 6.74. The smallest absolute Gasteiger partial charge is 0.337 e. The van der Waals surface area contributed by atoms with Crippen LogP contribution in [0, 0.1) is 0 Å². The summed E-state index contributed by atoms with van der Waals surface area (Å²) in [4.78, 5) is 13.6. The summed E-state index contributed by atoms with van der Waals surface area (Å²) < 4.78 is 0. The Hall–Kier alpha value is -1.97. The molecule has 4 nitrogen and oxygen atoms in total. The van der Waals surface area contributed by atoms with Gasteiger partial charge < -0.3 is 15.8 Å². The first-order chi connectivity index (χ1) is 6.18. The van der Waals surface area contributed by atoms with Gasteiger partial charge in [0.25, 0.3) is 0 Å². The predicted octanol–water partition coefficient (Wildman–Crippen LogP) is 1.45. The molecule has 0 amide bonds. The van der Waals surface area contributed by atoms with Gasteiger partial charge in [0, 0.05) is 22.8 Å². The van der Waals surface area contributed by atoms with Gasteiger partial charge in [-0.2, -0.15) is 0 Å². The van der Waals surface area contributed by atoms with Gasteiger partial charge in [0.1, 0.15) is 0 Å². The Labute approximate surface area is 74.0 Å². The highest BCUT2D eigenvalue weighted by Gasteiger charge is 2.09. The first-order valence-electron chi connectivity index (χ1n) is 3.78. The first-order valence-corrected chi connectivity index (χ1v) is 3.78. The van der Waals surface area contributed by atoms with Gasteiger partial charge in [-0.25, -0.2) is 4.79 Å². The Morgan fingerprint density at radius 1 is 1.46 bits per heavy atom. The van der Waals surface area contributed by atoms with Crippen LogP contribution in [0.1, 0.15) is 10.4 Å². The van der Waals surface area contributed by atoms with E-state index >= 15 is 0 Å². The van der Waals surface area contributed by atoms with Gasteiger partial charge in [-0.1, -0.05) is 0 Å². The average molecular weight is 176 g/mol. The summed E-state index contributed by atoms with van der Waals surface area (Å²) in [5, 5.41) is 9.47. The maximum Gasteiger partial charge on any atom is 0.337 e. The number of benzene rings is 1. The summed E-state index contributed by atoms with van der Waals surface area (Å²) >= 11 is 0. The molecule has 4 N–H and O–H groups in total. The van der Waals surface area contributed by atoms with Crippen LogP contribution in [0.3, 0.4) is 0 Å². The Bertz CT molecular complexity index is 473. The predicted molar refractivity (Wildman–Crippen MR) is 49.7 cm³/mol. The van der Waals surface area contributed by atoms with E-state index in [2.05, 4.69) is 4.98 Å². The molecule has 1 aromatic heterocycles. The lowest BCUT2D eigenvalue weighted by Gasteiger charge is -1.93. The van der Waals surface area contributed by atoms with Crippen molar-refractivity contribution in [3.8, 4) is 0 Å². The summed E-state index contributed by atoms with van der Waals surface area (Å²) in [5.41, 5.74) is 7.18. The van der Waals surface area contributed by atoms with Gasteiger partial charge in [0.05, 0.1) is 5.56 Å². The summed E-state index contributed by atoms with van der Waals surface area (Å²) in [7, 11) is 0. The minimum Gasteiger partial charge on any atom is -0.478 e. The molecule has 0 saturated heterocycles. The number of nitrogen functional groups attached to an aromatic ring is 1. The molecule has 0 fully saturated rings. The number of carboxylic acid groups (broad SMARTS) is 1. The van der Waals surface area contributed by atoms with Gasteiger partial charge in [-0.15, -0.1) is 0 Å². The van der Waals surface area contributed by atoms with Crippen molar-refractivity contribution in [2.45, 2.75) is 0 Å². The number of fused-ring (bicyclic) bond motifs is 1. The molecule has 1 aromatic carbocycles. The maximum absolute atomic E-state index is 10.7. The molecule has 0 spiro atoms. The number of hydrogen-bond donors (Lipinski definition) is 3. The number of nitrogens with two attached hydrogens (primary N) is 1. The van der Waals surface area contributed by atoms with E-state index in [1.54, 1.807) is 18.2 Å². The van der Waals surface area contributed by atoms with Gasteiger partial charge in [0.2, 0.25) is 0 Å². The Kier molecular flexibility index (Phi) is 1.48. The third-order valence-electron chi connectivity index (χ3n) is 1.94. The van der Waals surface area contributed by atoms with Gasteiger partial charge >= 0.3 is 5.97 Å². The third-order valence-corrected chi connectivity index (χ3v) is 1.94. The molecule has 1 heterocycles. The largest absolute Gasteiger partial charge is 0.478 e. The monoisotopic (exact) mass is 176 g/mol. The van der Waals surface area contributed by atoms with Crippen LogP contribution in [0.15, 0.2) is 24.4 Å². The number of anilines is 1. The second kappa shape index (κ2) is 2.52. The highest BCUT2D eigenvalue weighted by atomic mass is 16.4. The number of nitrogens with one attached hydrogen (secondary N) is 1. The van der Waals surface area contributed by atoms with Crippen molar-refractivity contribution in [1.82, 2.24) is 4.98 Å². The third kappa shape index (κ3) is 1.12. The van der Waals surface area contributed by atoms with Crippen LogP contribution in [0.5, 0.6) is 0 Å². The van der Waals surface area contributed by atoms with Gasteiger partial charge in [0.15, 0.2) is 0 Å². The van der Waals surface area contributed by atoms with Crippen LogP contribution in [-0.2, 0) is 0 Å². The molecule has 0 aliphatic rings. The van der Waals surface area contributed by atoms with Crippen LogP contribution in [0.4, 0.5) is 5.69 Å². The second-order valence-corrected chi connectivity index (χ2v) is 2.81. The lowest BCUT2D eigenvalue weighted by atomic mass is 10.1. The number of aromatic nitrogens is 1. The number of aromatic amines is 1. The van der Waals surface area contributed by atoms with E-state index in [0.29, 0.717) is 11.1 Å². The highest BCUT2D eigenvalue weighted by Crippen LogP contribution is 2.20. The van der Waals surface area contributed by atoms with Gasteiger partial charge in [-0.05, 0) is 18.2 Å². The molecule has 2 aromatic rings. The van der Waals surface area contributed by atoms with Crippen LogP contribution >= 0.6 is 0 Å². The molecule has 66 valence electrons. The molecular formula is C9H8N2O2. The van der Waals surface area contributed by atoms with E-state index < -0.39 is 5.97 Å². The molecule has 13 heavy (non-hydrogen) atoms. The number of hydrogen-bond acceptors (Lipinski definition) is 2. The number of carbonyl (C=O) groups is 1. The van der Waals surface area contributed by atoms with Crippen molar-refractivity contribution >= 4 is 22.6 Å². The van der Waals surface area contributed by atoms with Crippen LogP contribution in [-0.4, -0.2) is 16.1 Å². The molecule has 0 aliphatic heterocycles. The van der Waals surface area contributed by atoms with Gasteiger partial charge in [-0.3, -0.25) is 0 Å². The van der Waals surface area contributed by atoms with Crippen LogP contribution < -0.4 is 5.73 Å². The Balaban J connectivity index is 2.76. The van der Waals surface area contributed by atoms with E-state index in [1.807, 2.05) is 0 Å². The standard InChI is InChI=1S/C9H8N2O2/c10-5-1-2-6-7(9(12)13)4-11-8(6)3-5/h1-4,11H,10H2,(H,12,13). The molecule has 0 aliphatic carbocycles. The number of carboxylic acids is 1. The highest BCUT2D eigenvalue weighted by molar-refractivity contribution is 6.03. The van der Waals surface area contributed by atoms with Crippen molar-refractivity contribution in [1.29, 1.82) is 0 Å². The van der Waals surface area contributed by atoms with E-state index in [9.17, 15) is 4.79 Å². The molecule has 4 heteroatoms. The SMILES string of the molecule is Nc1ccc2c(C(=O)O)c[nH]c2c1. The molecular weight excluding hydrogens is 168 g/mol. The normalized spacial score (nSPS) is 10.5. The van der Waals surface area contributed by atoms with E-state index in [-0.39, 0.29) is 5.56 Å². The fourth-order valence-electron chi connectivity index (χ4n) is 1.32. The fourth-order valence-corrected chi connectivity index (χ4v) is 1.32. The summed E-state index contributed by atoms with van der Waals surface area (Å²) in [6.45, 7) is 0. The summed E-state index contributed by atoms with van der Waals surface area (Å²) in [6, 6.07) is 5.09. The van der Waals surface area contributed by atoms with Crippen molar-refractivity contribution in [2.24, 2.45) is 0 Å². The molecule has 0 saturated carbocycles. The summed E-state index contributed by atoms with van der Waals surface area (Å²) in [5.74, 6) is -0.934. The number of H-pyrrole nitrogens is 1. The molecule has 0 atom stereocenters. The van der Waals surface area contributed by atoms with Crippen molar-refractivity contribution < 1.29 is 9.90 Å².